The van der Waals surface area contributed by atoms with Gasteiger partial charge in [0.1, 0.15) is 0 Å². The summed E-state index contributed by atoms with van der Waals surface area (Å²) in [6.45, 7) is 3.07. The first-order chi connectivity index (χ1) is 7.31. The third kappa shape index (κ3) is 3.66. The zero-order chi connectivity index (χ0) is 12.3. The minimum atomic E-state index is -4.20. The average Bonchev–Trinajstić information content (AvgIpc) is 2.08. The van der Waals surface area contributed by atoms with Crippen molar-refractivity contribution < 1.29 is 18.0 Å². The molecular weight excluding hydrogens is 221 g/mol. The van der Waals surface area contributed by atoms with Crippen LogP contribution >= 0.6 is 0 Å². The first kappa shape index (κ1) is 13.3. The predicted molar refractivity (Wildman–Crippen MR) is 53.8 cm³/mol. The summed E-state index contributed by atoms with van der Waals surface area (Å²) in [5.74, 6) is -0.129. The van der Waals surface area contributed by atoms with Crippen molar-refractivity contribution >= 4 is 5.91 Å². The van der Waals surface area contributed by atoms with Gasteiger partial charge in [0, 0.05) is 19.5 Å². The van der Waals surface area contributed by atoms with E-state index in [1.807, 2.05) is 0 Å². The lowest BCUT2D eigenvalue weighted by Gasteiger charge is -2.34. The summed E-state index contributed by atoms with van der Waals surface area (Å²) < 4.78 is 35.9. The van der Waals surface area contributed by atoms with Crippen LogP contribution in [0.15, 0.2) is 0 Å². The summed E-state index contributed by atoms with van der Waals surface area (Å²) in [7, 11) is 1.43. The van der Waals surface area contributed by atoms with Crippen LogP contribution in [0.4, 0.5) is 13.2 Å². The Morgan fingerprint density at radius 3 is 2.44 bits per heavy atom. The van der Waals surface area contributed by atoms with Crippen LogP contribution in [0.25, 0.3) is 0 Å². The molecule has 1 aliphatic heterocycles. The maximum Gasteiger partial charge on any atom is 0.390 e. The first-order valence-corrected chi connectivity index (χ1v) is 5.33. The van der Waals surface area contributed by atoms with E-state index >= 15 is 0 Å². The molecule has 0 aromatic carbocycles. The van der Waals surface area contributed by atoms with E-state index in [1.165, 1.54) is 11.9 Å². The van der Waals surface area contributed by atoms with Gasteiger partial charge in [-0.15, -0.1) is 0 Å². The van der Waals surface area contributed by atoms with Gasteiger partial charge in [0.2, 0.25) is 5.91 Å². The van der Waals surface area contributed by atoms with E-state index in [0.717, 1.165) is 13.1 Å². The molecule has 1 N–H and O–H groups in total. The van der Waals surface area contributed by atoms with Gasteiger partial charge in [-0.05, 0) is 19.0 Å². The number of hydrogen-bond donors (Lipinski definition) is 1. The number of hydrogen-bond acceptors (Lipinski definition) is 2. The van der Waals surface area contributed by atoms with Gasteiger partial charge in [-0.3, -0.25) is 4.79 Å². The van der Waals surface area contributed by atoms with Gasteiger partial charge in [0.15, 0.2) is 0 Å². The van der Waals surface area contributed by atoms with Crippen molar-refractivity contribution in [2.75, 3.05) is 26.7 Å². The number of nitrogens with zero attached hydrogens (tertiary/aromatic N) is 1. The normalized spacial score (nSPS) is 19.1. The van der Waals surface area contributed by atoms with Crippen molar-refractivity contribution in [3.05, 3.63) is 0 Å². The van der Waals surface area contributed by atoms with Gasteiger partial charge in [0.05, 0.1) is 6.42 Å². The summed E-state index contributed by atoms with van der Waals surface area (Å²) in [6.07, 6.45) is -5.14. The van der Waals surface area contributed by atoms with Crippen molar-refractivity contribution in [2.45, 2.75) is 19.5 Å². The van der Waals surface area contributed by atoms with Gasteiger partial charge >= 0.3 is 6.18 Å². The molecule has 0 aromatic heterocycles. The Morgan fingerprint density at radius 2 is 2.06 bits per heavy atom. The molecule has 0 spiro atoms. The van der Waals surface area contributed by atoms with E-state index in [4.69, 9.17) is 0 Å². The van der Waals surface area contributed by atoms with E-state index in [9.17, 15) is 18.0 Å². The molecule has 0 saturated carbocycles. The molecule has 1 saturated heterocycles. The van der Waals surface area contributed by atoms with E-state index in [2.05, 4.69) is 5.32 Å². The number of alkyl halides is 3. The van der Waals surface area contributed by atoms with Gasteiger partial charge in [-0.2, -0.15) is 13.2 Å². The summed E-state index contributed by atoms with van der Waals surface area (Å²) in [4.78, 5) is 12.9. The Balaban J connectivity index is 2.34. The quantitative estimate of drug-likeness (QED) is 0.799. The number of rotatable bonds is 4. The van der Waals surface area contributed by atoms with Crippen molar-refractivity contribution in [1.82, 2.24) is 10.2 Å². The Bertz CT molecular complexity index is 251. The minimum Gasteiger partial charge on any atom is -0.345 e. The molecule has 6 heteroatoms. The number of carbonyl (C=O) groups excluding carboxylic acids is 1. The molecule has 3 nitrogen and oxygen atoms in total. The van der Waals surface area contributed by atoms with E-state index in [-0.39, 0.29) is 24.3 Å². The third-order valence-electron chi connectivity index (χ3n) is 3.02. The van der Waals surface area contributed by atoms with Crippen LogP contribution < -0.4 is 5.32 Å². The van der Waals surface area contributed by atoms with E-state index in [1.54, 1.807) is 6.92 Å². The van der Waals surface area contributed by atoms with Gasteiger partial charge in [-0.1, -0.05) is 6.92 Å². The first-order valence-electron chi connectivity index (χ1n) is 5.33. The standard InChI is InChI=1S/C10H17F3N2O/c1-7(8-5-14-6-8)9(16)15(2)4-3-10(11,12)13/h7-8,14H,3-6H2,1-2H3. The maximum atomic E-state index is 12.0. The zero-order valence-corrected chi connectivity index (χ0v) is 9.47. The lowest BCUT2D eigenvalue weighted by atomic mass is 9.88. The number of halogens is 3. The lowest BCUT2D eigenvalue weighted by Crippen LogP contribution is -2.50. The average molecular weight is 238 g/mol. The Hall–Kier alpha value is -0.780. The monoisotopic (exact) mass is 238 g/mol. The van der Waals surface area contributed by atoms with Crippen LogP contribution in [0.2, 0.25) is 0 Å². The third-order valence-corrected chi connectivity index (χ3v) is 3.02. The molecule has 1 atom stereocenters. The second-order valence-electron chi connectivity index (χ2n) is 4.33. The fourth-order valence-corrected chi connectivity index (χ4v) is 1.62. The van der Waals surface area contributed by atoms with Crippen LogP contribution in [0.5, 0.6) is 0 Å². The molecule has 0 aliphatic carbocycles. The van der Waals surface area contributed by atoms with Gasteiger partial charge in [-0.25, -0.2) is 0 Å². The van der Waals surface area contributed by atoms with Crippen molar-refractivity contribution in [3.63, 3.8) is 0 Å². The van der Waals surface area contributed by atoms with Crippen LogP contribution in [0.1, 0.15) is 13.3 Å². The van der Waals surface area contributed by atoms with Crippen molar-refractivity contribution in [3.8, 4) is 0 Å². The van der Waals surface area contributed by atoms with Gasteiger partial charge in [0.25, 0.3) is 0 Å². The predicted octanol–water partition coefficient (Wildman–Crippen LogP) is 1.25. The topological polar surface area (TPSA) is 32.3 Å². The Kier molecular flexibility index (Phi) is 4.18. The highest BCUT2D eigenvalue weighted by atomic mass is 19.4. The van der Waals surface area contributed by atoms with Crippen LogP contribution in [-0.4, -0.2) is 43.7 Å². The van der Waals surface area contributed by atoms with Crippen LogP contribution in [0.3, 0.4) is 0 Å². The van der Waals surface area contributed by atoms with Crippen molar-refractivity contribution in [2.24, 2.45) is 11.8 Å². The molecule has 0 aromatic rings. The Labute approximate surface area is 93.0 Å². The van der Waals surface area contributed by atoms with Gasteiger partial charge < -0.3 is 10.2 Å². The molecule has 1 aliphatic rings. The Morgan fingerprint density at radius 1 is 1.50 bits per heavy atom. The highest BCUT2D eigenvalue weighted by molar-refractivity contribution is 5.78. The van der Waals surface area contributed by atoms with E-state index < -0.39 is 12.6 Å². The van der Waals surface area contributed by atoms with Crippen LogP contribution in [-0.2, 0) is 4.79 Å². The minimum absolute atomic E-state index is 0.195. The SMILES string of the molecule is CC(C(=O)N(C)CCC(F)(F)F)C1CNC1. The second kappa shape index (κ2) is 5.03. The lowest BCUT2D eigenvalue weighted by molar-refractivity contribution is -0.147. The van der Waals surface area contributed by atoms with Crippen molar-refractivity contribution in [1.29, 1.82) is 0 Å². The number of carbonyl (C=O) groups is 1. The second-order valence-corrected chi connectivity index (χ2v) is 4.33. The molecule has 94 valence electrons. The molecule has 16 heavy (non-hydrogen) atoms. The molecule has 0 bridgehead atoms. The molecule has 0 radical (unpaired) electrons. The molecule has 1 amide bonds. The smallest absolute Gasteiger partial charge is 0.345 e. The molecule has 1 rings (SSSR count). The van der Waals surface area contributed by atoms with E-state index in [0.29, 0.717) is 0 Å². The summed E-state index contributed by atoms with van der Waals surface area (Å²) in [6, 6.07) is 0. The molecule has 1 heterocycles. The summed E-state index contributed by atoms with van der Waals surface area (Å²) >= 11 is 0. The maximum absolute atomic E-state index is 12.0. The molecule has 1 fully saturated rings. The molecule has 1 unspecified atom stereocenters. The largest absolute Gasteiger partial charge is 0.390 e. The molecular formula is C10H17F3N2O. The fraction of sp³-hybridized carbons (Fsp3) is 0.900. The number of nitrogens with one attached hydrogen (secondary N) is 1. The fourth-order valence-electron chi connectivity index (χ4n) is 1.62. The van der Waals surface area contributed by atoms with Crippen LogP contribution in [0, 0.1) is 11.8 Å². The summed E-state index contributed by atoms with van der Waals surface area (Å²) in [5, 5.41) is 3.04. The number of amides is 1. The summed E-state index contributed by atoms with van der Waals surface area (Å²) in [5.41, 5.74) is 0. The zero-order valence-electron chi connectivity index (χ0n) is 9.47. The highest BCUT2D eigenvalue weighted by Crippen LogP contribution is 2.21. The highest BCUT2D eigenvalue weighted by Gasteiger charge is 2.32.